The number of rotatable bonds is 2. The van der Waals surface area contributed by atoms with E-state index in [-0.39, 0.29) is 6.61 Å². The second-order valence-electron chi connectivity index (χ2n) is 5.42. The minimum atomic E-state index is -1.59. The Morgan fingerprint density at radius 3 is 2.42 bits per heavy atom. The molecule has 5 nitrogen and oxygen atoms in total. The van der Waals surface area contributed by atoms with Crippen molar-refractivity contribution in [3.63, 3.8) is 0 Å². The highest BCUT2D eigenvalue weighted by atomic mass is 16.8. The first-order valence-corrected chi connectivity index (χ1v) is 6.38. The molecule has 0 aromatic heterocycles. The Hall–Kier alpha value is -0.980. The molecule has 2 N–H and O–H groups in total. The lowest BCUT2D eigenvalue weighted by Crippen LogP contribution is -2.40. The second-order valence-corrected chi connectivity index (χ2v) is 5.42. The third-order valence-electron chi connectivity index (χ3n) is 3.58. The molecule has 4 atom stereocenters. The van der Waals surface area contributed by atoms with Crippen LogP contribution < -0.4 is 0 Å². The van der Waals surface area contributed by atoms with Gasteiger partial charge in [0.05, 0.1) is 6.61 Å². The fourth-order valence-electron chi connectivity index (χ4n) is 2.78. The highest BCUT2D eigenvalue weighted by Crippen LogP contribution is 2.47. The van der Waals surface area contributed by atoms with Gasteiger partial charge in [0.25, 0.3) is 0 Å². The molecule has 0 aliphatic carbocycles. The molecule has 0 radical (unpaired) electrons. The van der Waals surface area contributed by atoms with Crippen LogP contribution in [0.5, 0.6) is 0 Å². The number of benzene rings is 1. The van der Waals surface area contributed by atoms with E-state index in [1.807, 2.05) is 18.2 Å². The quantitative estimate of drug-likeness (QED) is 0.826. The number of aliphatic hydroxyl groups is 2. The molecule has 2 saturated heterocycles. The molecular weight excluding hydrogens is 248 g/mol. The Kier molecular flexibility index (Phi) is 2.92. The van der Waals surface area contributed by atoms with E-state index in [9.17, 15) is 10.2 Å². The van der Waals surface area contributed by atoms with Gasteiger partial charge in [0.1, 0.15) is 18.3 Å². The minimum absolute atomic E-state index is 0.226. The molecule has 5 heteroatoms. The molecule has 3 rings (SSSR count). The normalized spacial score (nSPS) is 40.3. The summed E-state index contributed by atoms with van der Waals surface area (Å²) < 4.78 is 17.1. The Morgan fingerprint density at radius 2 is 1.79 bits per heavy atom. The van der Waals surface area contributed by atoms with E-state index in [0.29, 0.717) is 5.56 Å². The smallest absolute Gasteiger partial charge is 0.222 e. The van der Waals surface area contributed by atoms with E-state index in [4.69, 9.17) is 14.2 Å². The lowest BCUT2D eigenvalue weighted by Gasteiger charge is -2.30. The van der Waals surface area contributed by atoms with Gasteiger partial charge in [-0.05, 0) is 13.8 Å². The maximum absolute atomic E-state index is 10.8. The van der Waals surface area contributed by atoms with Crippen molar-refractivity contribution < 1.29 is 24.4 Å². The molecule has 1 unspecified atom stereocenters. The van der Waals surface area contributed by atoms with Crippen LogP contribution in [0.1, 0.15) is 19.4 Å². The van der Waals surface area contributed by atoms with E-state index in [1.54, 1.807) is 26.0 Å². The summed E-state index contributed by atoms with van der Waals surface area (Å²) in [7, 11) is 0. The molecule has 2 aliphatic heterocycles. The molecule has 0 spiro atoms. The fourth-order valence-corrected chi connectivity index (χ4v) is 2.78. The lowest BCUT2D eigenvalue weighted by atomic mass is 9.98. The van der Waals surface area contributed by atoms with Gasteiger partial charge in [-0.3, -0.25) is 0 Å². The number of hydrogen-bond acceptors (Lipinski definition) is 5. The maximum atomic E-state index is 10.8. The van der Waals surface area contributed by atoms with Gasteiger partial charge < -0.3 is 24.4 Å². The van der Waals surface area contributed by atoms with E-state index in [1.165, 1.54) is 0 Å². The average Bonchev–Trinajstić information content (AvgIpc) is 2.84. The largest absolute Gasteiger partial charge is 0.394 e. The molecule has 0 saturated carbocycles. The molecule has 1 aromatic carbocycles. The first-order chi connectivity index (χ1) is 8.96. The molecule has 19 heavy (non-hydrogen) atoms. The summed E-state index contributed by atoms with van der Waals surface area (Å²) in [6.45, 7) is 3.34. The summed E-state index contributed by atoms with van der Waals surface area (Å²) in [5.41, 5.74) is 0.599. The summed E-state index contributed by atoms with van der Waals surface area (Å²) in [5.74, 6) is -2.39. The Labute approximate surface area is 111 Å². The monoisotopic (exact) mass is 266 g/mol. The lowest BCUT2D eigenvalue weighted by molar-refractivity contribution is -0.283. The number of hydrogen-bond donors (Lipinski definition) is 2. The van der Waals surface area contributed by atoms with E-state index < -0.39 is 29.9 Å². The number of aliphatic hydroxyl groups excluding tert-OH is 1. The van der Waals surface area contributed by atoms with Crippen LogP contribution in [0.25, 0.3) is 0 Å². The van der Waals surface area contributed by atoms with Crippen molar-refractivity contribution in [1.29, 1.82) is 0 Å². The fraction of sp³-hybridized carbons (Fsp3) is 0.571. The standard InChI is InChI=1S/C14H18O5/c1-13(2)18-11-10(8-15)17-14(16,12(11)19-13)9-6-4-3-5-7-9/h3-7,10-12,15-16H,8H2,1-2H3/t10-,11-,12-,14?/m1/s1. The van der Waals surface area contributed by atoms with Gasteiger partial charge in [-0.15, -0.1) is 0 Å². The van der Waals surface area contributed by atoms with Crippen LogP contribution in [-0.4, -0.2) is 40.9 Å². The van der Waals surface area contributed by atoms with Crippen molar-refractivity contribution in [2.24, 2.45) is 0 Å². The predicted molar refractivity (Wildman–Crippen MR) is 66.1 cm³/mol. The van der Waals surface area contributed by atoms with Crippen LogP contribution in [0.15, 0.2) is 30.3 Å². The molecule has 0 amide bonds. The highest BCUT2D eigenvalue weighted by molar-refractivity contribution is 5.24. The van der Waals surface area contributed by atoms with Crippen molar-refractivity contribution in [3.8, 4) is 0 Å². The van der Waals surface area contributed by atoms with Gasteiger partial charge >= 0.3 is 0 Å². The number of ether oxygens (including phenoxy) is 3. The molecular formula is C14H18O5. The van der Waals surface area contributed by atoms with Gasteiger partial charge in [0, 0.05) is 5.56 Å². The van der Waals surface area contributed by atoms with E-state index in [2.05, 4.69) is 0 Å². The zero-order valence-corrected chi connectivity index (χ0v) is 10.9. The van der Waals surface area contributed by atoms with Crippen LogP contribution in [-0.2, 0) is 20.0 Å². The van der Waals surface area contributed by atoms with Gasteiger partial charge in [-0.2, -0.15) is 0 Å². The third kappa shape index (κ3) is 1.98. The zero-order valence-electron chi connectivity index (χ0n) is 10.9. The van der Waals surface area contributed by atoms with Crippen LogP contribution in [0.3, 0.4) is 0 Å². The van der Waals surface area contributed by atoms with E-state index >= 15 is 0 Å². The summed E-state index contributed by atoms with van der Waals surface area (Å²) in [6, 6.07) is 9.04. The summed E-state index contributed by atoms with van der Waals surface area (Å²) in [5, 5.41) is 20.2. The Balaban J connectivity index is 1.99. The molecule has 2 fully saturated rings. The predicted octanol–water partition coefficient (Wildman–Crippen LogP) is 0.743. The molecule has 2 aliphatic rings. The molecule has 0 bridgehead atoms. The van der Waals surface area contributed by atoms with Gasteiger partial charge in [-0.1, -0.05) is 30.3 Å². The van der Waals surface area contributed by atoms with Crippen LogP contribution in [0.2, 0.25) is 0 Å². The van der Waals surface area contributed by atoms with Crippen LogP contribution in [0.4, 0.5) is 0 Å². The molecule has 2 heterocycles. The second kappa shape index (κ2) is 4.26. The van der Waals surface area contributed by atoms with Crippen LogP contribution >= 0.6 is 0 Å². The zero-order chi connectivity index (χ0) is 13.7. The topological polar surface area (TPSA) is 68.2 Å². The van der Waals surface area contributed by atoms with Crippen molar-refractivity contribution in [2.75, 3.05) is 6.61 Å². The maximum Gasteiger partial charge on any atom is 0.222 e. The SMILES string of the molecule is CC1(C)O[C@H]2[C@@H](O1)C(O)(c1ccccc1)O[C@@H]2CO. The Bertz CT molecular complexity index is 460. The van der Waals surface area contributed by atoms with E-state index in [0.717, 1.165) is 0 Å². The minimum Gasteiger partial charge on any atom is -0.394 e. The first kappa shape index (κ1) is 13.0. The third-order valence-corrected chi connectivity index (χ3v) is 3.58. The van der Waals surface area contributed by atoms with Crippen molar-refractivity contribution >= 4 is 0 Å². The molecule has 104 valence electrons. The van der Waals surface area contributed by atoms with Crippen molar-refractivity contribution in [2.45, 2.75) is 43.7 Å². The molecule has 1 aromatic rings. The Morgan fingerprint density at radius 1 is 1.11 bits per heavy atom. The van der Waals surface area contributed by atoms with Gasteiger partial charge in [0.15, 0.2) is 5.79 Å². The van der Waals surface area contributed by atoms with Gasteiger partial charge in [-0.25, -0.2) is 0 Å². The first-order valence-electron chi connectivity index (χ1n) is 6.38. The summed E-state index contributed by atoms with van der Waals surface area (Å²) in [6.07, 6.45) is -1.73. The number of fused-ring (bicyclic) bond motifs is 1. The summed E-state index contributed by atoms with van der Waals surface area (Å²) >= 11 is 0. The van der Waals surface area contributed by atoms with Crippen LogP contribution in [0, 0.1) is 0 Å². The van der Waals surface area contributed by atoms with Crippen molar-refractivity contribution in [3.05, 3.63) is 35.9 Å². The van der Waals surface area contributed by atoms with Gasteiger partial charge in [0.2, 0.25) is 5.79 Å². The summed E-state index contributed by atoms with van der Waals surface area (Å²) in [4.78, 5) is 0. The highest BCUT2D eigenvalue weighted by Gasteiger charge is 2.63. The average molecular weight is 266 g/mol. The van der Waals surface area contributed by atoms with Crippen molar-refractivity contribution in [1.82, 2.24) is 0 Å².